The molecular formula is C24H28ClN3O2. The van der Waals surface area contributed by atoms with Crippen molar-refractivity contribution in [2.24, 2.45) is 0 Å². The Morgan fingerprint density at radius 2 is 1.70 bits per heavy atom. The topological polar surface area (TPSA) is 45.7 Å². The van der Waals surface area contributed by atoms with Crippen LogP contribution < -0.4 is 0 Å². The summed E-state index contributed by atoms with van der Waals surface area (Å²) in [5.41, 5.74) is 1.50. The minimum atomic E-state index is -0.222. The smallest absolute Gasteiger partial charge is 0.272 e. The molecule has 1 amide bonds. The highest BCUT2D eigenvalue weighted by Crippen LogP contribution is 2.49. The zero-order chi connectivity index (χ0) is 20.6. The van der Waals surface area contributed by atoms with Gasteiger partial charge in [0, 0.05) is 25.8 Å². The number of carbonyl (C=O) groups excluding carboxylic acids is 1. The second kappa shape index (κ2) is 7.95. The molecule has 30 heavy (non-hydrogen) atoms. The minimum Gasteiger partial charge on any atom is -0.365 e. The van der Waals surface area contributed by atoms with Crippen molar-refractivity contribution in [2.75, 3.05) is 32.7 Å². The molecular weight excluding hydrogens is 398 g/mol. The zero-order valence-corrected chi connectivity index (χ0v) is 18.0. The van der Waals surface area contributed by atoms with E-state index in [2.05, 4.69) is 40.2 Å². The summed E-state index contributed by atoms with van der Waals surface area (Å²) in [7, 11) is 0. The number of halogens is 1. The molecule has 3 fully saturated rings. The average molecular weight is 426 g/mol. The summed E-state index contributed by atoms with van der Waals surface area (Å²) >= 11 is 5.94. The van der Waals surface area contributed by atoms with E-state index < -0.39 is 0 Å². The standard InChI is InChI=1S/C24H28ClN3O2/c25-20-6-7-21(26-16-20)22(29)28-17-23(9-10-23)30-24(18-28)11-14-27(15-12-24)13-8-19-4-2-1-3-5-19/h1-7,16H,8-15,17-18H2. The molecule has 1 saturated carbocycles. The first kappa shape index (κ1) is 20.0. The number of amides is 1. The van der Waals surface area contributed by atoms with Crippen molar-refractivity contribution in [2.45, 2.75) is 43.3 Å². The Morgan fingerprint density at radius 1 is 1.00 bits per heavy atom. The van der Waals surface area contributed by atoms with Crippen LogP contribution in [0.3, 0.4) is 0 Å². The van der Waals surface area contributed by atoms with E-state index >= 15 is 0 Å². The SMILES string of the molecule is O=C(c1ccc(Cl)cn1)N1CC2(CCN(CCc3ccccc3)CC2)OC2(CC2)C1. The first-order chi connectivity index (χ1) is 14.5. The van der Waals surface area contributed by atoms with E-state index in [0.717, 1.165) is 51.7 Å². The Labute approximate surface area is 183 Å². The Balaban J connectivity index is 1.23. The Kier molecular flexibility index (Phi) is 5.30. The molecule has 1 aromatic heterocycles. The molecule has 1 aliphatic carbocycles. The molecule has 2 saturated heterocycles. The molecule has 1 aromatic carbocycles. The number of benzene rings is 1. The Bertz CT molecular complexity index is 890. The predicted molar refractivity (Wildman–Crippen MR) is 117 cm³/mol. The third-order valence-corrected chi connectivity index (χ3v) is 6.98. The van der Waals surface area contributed by atoms with E-state index in [1.165, 1.54) is 5.56 Å². The van der Waals surface area contributed by atoms with Crippen LogP contribution in [0.1, 0.15) is 41.7 Å². The molecule has 0 radical (unpaired) electrons. The van der Waals surface area contributed by atoms with Gasteiger partial charge in [0.05, 0.1) is 29.3 Å². The van der Waals surface area contributed by atoms with Crippen molar-refractivity contribution in [3.8, 4) is 0 Å². The van der Waals surface area contributed by atoms with Crippen molar-refractivity contribution in [1.82, 2.24) is 14.8 Å². The Morgan fingerprint density at radius 3 is 2.33 bits per heavy atom. The molecule has 2 aromatic rings. The van der Waals surface area contributed by atoms with Crippen LogP contribution in [0, 0.1) is 0 Å². The fraction of sp³-hybridized carbons (Fsp3) is 0.500. The first-order valence-electron chi connectivity index (χ1n) is 10.9. The van der Waals surface area contributed by atoms with Gasteiger partial charge in [-0.25, -0.2) is 4.98 Å². The number of morpholine rings is 1. The number of likely N-dealkylation sites (tertiary alicyclic amines) is 1. The number of ether oxygens (including phenoxy) is 1. The number of piperidine rings is 1. The lowest BCUT2D eigenvalue weighted by molar-refractivity contribution is -0.179. The highest BCUT2D eigenvalue weighted by Gasteiger charge is 2.56. The fourth-order valence-electron chi connectivity index (χ4n) is 4.86. The van der Waals surface area contributed by atoms with E-state index in [1.54, 1.807) is 18.3 Å². The molecule has 0 atom stereocenters. The molecule has 158 valence electrons. The third kappa shape index (κ3) is 4.25. The van der Waals surface area contributed by atoms with Crippen molar-refractivity contribution >= 4 is 17.5 Å². The summed E-state index contributed by atoms with van der Waals surface area (Å²) < 4.78 is 6.70. The van der Waals surface area contributed by atoms with E-state index in [0.29, 0.717) is 23.8 Å². The minimum absolute atomic E-state index is 0.00729. The van der Waals surface area contributed by atoms with Crippen LogP contribution in [-0.4, -0.2) is 64.6 Å². The maximum atomic E-state index is 13.1. The maximum absolute atomic E-state index is 13.1. The van der Waals surface area contributed by atoms with Crippen molar-refractivity contribution in [3.63, 3.8) is 0 Å². The fourth-order valence-corrected chi connectivity index (χ4v) is 4.97. The first-order valence-corrected chi connectivity index (χ1v) is 11.3. The molecule has 0 N–H and O–H groups in total. The van der Waals surface area contributed by atoms with Gasteiger partial charge in [0.15, 0.2) is 0 Å². The third-order valence-electron chi connectivity index (χ3n) is 6.76. The van der Waals surface area contributed by atoms with Crippen LogP contribution in [0.25, 0.3) is 0 Å². The van der Waals surface area contributed by atoms with Gasteiger partial charge in [0.1, 0.15) is 5.69 Å². The van der Waals surface area contributed by atoms with Gasteiger partial charge < -0.3 is 14.5 Å². The lowest BCUT2D eigenvalue weighted by Crippen LogP contribution is -2.61. The van der Waals surface area contributed by atoms with Crippen LogP contribution in [0.2, 0.25) is 5.02 Å². The second-order valence-electron chi connectivity index (χ2n) is 9.07. The van der Waals surface area contributed by atoms with E-state index in [4.69, 9.17) is 16.3 Å². The number of aromatic nitrogens is 1. The number of nitrogens with zero attached hydrogens (tertiary/aromatic N) is 3. The molecule has 6 heteroatoms. The molecule has 2 spiro atoms. The summed E-state index contributed by atoms with van der Waals surface area (Å²) in [4.78, 5) is 21.9. The van der Waals surface area contributed by atoms with Gasteiger partial charge in [-0.1, -0.05) is 41.9 Å². The van der Waals surface area contributed by atoms with Crippen LogP contribution in [-0.2, 0) is 11.2 Å². The van der Waals surface area contributed by atoms with Gasteiger partial charge in [-0.05, 0) is 49.8 Å². The van der Waals surface area contributed by atoms with Crippen LogP contribution >= 0.6 is 11.6 Å². The summed E-state index contributed by atoms with van der Waals surface area (Å²) in [6.07, 6.45) is 6.66. The molecule has 5 rings (SSSR count). The monoisotopic (exact) mass is 425 g/mol. The van der Waals surface area contributed by atoms with Crippen molar-refractivity contribution in [1.29, 1.82) is 0 Å². The van der Waals surface area contributed by atoms with Gasteiger partial charge in [0.25, 0.3) is 5.91 Å². The number of rotatable bonds is 4. The van der Waals surface area contributed by atoms with Crippen LogP contribution in [0.5, 0.6) is 0 Å². The molecule has 5 nitrogen and oxygen atoms in total. The summed E-state index contributed by atoms with van der Waals surface area (Å²) in [6, 6.07) is 14.1. The summed E-state index contributed by atoms with van der Waals surface area (Å²) in [5.74, 6) is -0.00729. The van der Waals surface area contributed by atoms with E-state index in [1.807, 2.05) is 4.90 Å². The highest BCUT2D eigenvalue weighted by atomic mass is 35.5. The normalized spacial score (nSPS) is 22.4. The summed E-state index contributed by atoms with van der Waals surface area (Å²) in [6.45, 7) is 4.44. The number of carbonyl (C=O) groups is 1. The highest BCUT2D eigenvalue weighted by molar-refractivity contribution is 6.30. The molecule has 0 unspecified atom stereocenters. The number of hydrogen-bond donors (Lipinski definition) is 0. The maximum Gasteiger partial charge on any atom is 0.272 e. The largest absolute Gasteiger partial charge is 0.365 e. The van der Waals surface area contributed by atoms with Crippen LogP contribution in [0.15, 0.2) is 48.7 Å². The number of pyridine rings is 1. The predicted octanol–water partition coefficient (Wildman–Crippen LogP) is 3.82. The van der Waals surface area contributed by atoms with Gasteiger partial charge in [-0.15, -0.1) is 0 Å². The molecule has 3 aliphatic rings. The molecule has 2 aliphatic heterocycles. The van der Waals surface area contributed by atoms with E-state index in [-0.39, 0.29) is 17.1 Å². The van der Waals surface area contributed by atoms with Gasteiger partial charge in [-0.2, -0.15) is 0 Å². The van der Waals surface area contributed by atoms with E-state index in [9.17, 15) is 4.79 Å². The van der Waals surface area contributed by atoms with Crippen LogP contribution in [0.4, 0.5) is 0 Å². The van der Waals surface area contributed by atoms with Crippen molar-refractivity contribution in [3.05, 3.63) is 64.9 Å². The average Bonchev–Trinajstić information content (AvgIpc) is 3.51. The lowest BCUT2D eigenvalue weighted by Gasteiger charge is -2.50. The summed E-state index contributed by atoms with van der Waals surface area (Å²) in [5, 5.41) is 0.548. The molecule has 3 heterocycles. The van der Waals surface area contributed by atoms with Gasteiger partial charge in [0.2, 0.25) is 0 Å². The quantitative estimate of drug-likeness (QED) is 0.747. The lowest BCUT2D eigenvalue weighted by atomic mass is 9.87. The second-order valence-corrected chi connectivity index (χ2v) is 9.50. The molecule has 0 bridgehead atoms. The van der Waals surface area contributed by atoms with Gasteiger partial charge >= 0.3 is 0 Å². The van der Waals surface area contributed by atoms with Crippen molar-refractivity contribution < 1.29 is 9.53 Å². The van der Waals surface area contributed by atoms with Gasteiger partial charge in [-0.3, -0.25) is 4.79 Å². The number of hydrogen-bond acceptors (Lipinski definition) is 4. The Hall–Kier alpha value is -1.95. The zero-order valence-electron chi connectivity index (χ0n) is 17.2.